The molecule has 0 saturated carbocycles. The third-order valence-electron chi connectivity index (χ3n) is 14.9. The molecule has 0 aliphatic carbocycles. The van der Waals surface area contributed by atoms with Gasteiger partial charge in [0.05, 0.1) is 0 Å². The Morgan fingerprint density at radius 1 is 0.317 bits per heavy atom. The van der Waals surface area contributed by atoms with Gasteiger partial charge in [-0.05, 0) is 69.3 Å². The smallest absolute Gasteiger partial charge is 0.370 e. The average Bonchev–Trinajstić information content (AvgIpc) is 1.44. The highest BCUT2D eigenvalue weighted by Crippen LogP contribution is 2.50. The third kappa shape index (κ3) is 10.1. The summed E-state index contributed by atoms with van der Waals surface area (Å²) in [5.41, 5.74) is 4.65. The van der Waals surface area contributed by atoms with Crippen LogP contribution < -0.4 is 36.3 Å². The highest BCUT2D eigenvalue weighted by molar-refractivity contribution is 7.13. The first-order chi connectivity index (χ1) is 39.4. The van der Waals surface area contributed by atoms with Crippen molar-refractivity contribution in [2.24, 2.45) is 11.3 Å². The maximum Gasteiger partial charge on any atom is 0.515 e. The summed E-state index contributed by atoms with van der Waals surface area (Å²) in [5.74, 6) is -0.129. The Morgan fingerprint density at radius 3 is 0.817 bits per heavy atom. The summed E-state index contributed by atoms with van der Waals surface area (Å²) in [4.78, 5) is 0. The number of rotatable bonds is 16. The van der Waals surface area contributed by atoms with Crippen LogP contribution in [0.3, 0.4) is 0 Å². The van der Waals surface area contributed by atoms with Crippen molar-refractivity contribution < 1.29 is 49.4 Å². The first kappa shape index (κ1) is 56.7. The Hall–Kier alpha value is -5.76. The van der Waals surface area contributed by atoms with E-state index in [1.807, 2.05) is 176 Å². The second-order valence-electron chi connectivity index (χ2n) is 22.2. The SMILES string of the molecule is C=Cc1ccc([Si]23O[Si]4(CC(C)CC(C)(C)C)O[Si]5(c6ccccc6)O[Si](c6ccccc6)(O2)O[Si]2(c6cc(C=C)cc(C=C)c6)O[Si](c6ccc(C=C)cc6)(O5)O[Si](c5ccc(C=C)cc5)(O4)O[Si](c4ccc(C=C)cc4)(O3)O2)cc1. The van der Waals surface area contributed by atoms with Crippen LogP contribution >= 0.6 is 0 Å². The molecule has 416 valence electrons. The topological polar surface area (TPSA) is 111 Å². The van der Waals surface area contributed by atoms with Crippen molar-refractivity contribution in [1.29, 1.82) is 0 Å². The number of hydrogen-bond donors (Lipinski definition) is 0. The van der Waals surface area contributed by atoms with Gasteiger partial charge < -0.3 is 49.4 Å². The van der Waals surface area contributed by atoms with Gasteiger partial charge in [0.25, 0.3) is 0 Å². The van der Waals surface area contributed by atoms with Crippen molar-refractivity contribution in [3.8, 4) is 0 Å². The van der Waals surface area contributed by atoms with Crippen molar-refractivity contribution in [2.75, 3.05) is 0 Å². The molecule has 7 aromatic rings. The van der Waals surface area contributed by atoms with Gasteiger partial charge in [0.2, 0.25) is 0 Å². The molecule has 6 heterocycles. The van der Waals surface area contributed by atoms with Crippen LogP contribution in [0.2, 0.25) is 6.04 Å². The molecule has 8 bridgehead atoms. The largest absolute Gasteiger partial charge is 0.515 e. The third-order valence-corrected chi connectivity index (χ3v) is 49.6. The summed E-state index contributed by atoms with van der Waals surface area (Å²) in [6.07, 6.45) is 11.4. The normalized spacial score (nSPS) is 30.3. The maximum atomic E-state index is 8.41. The van der Waals surface area contributed by atoms with E-state index in [0.717, 1.165) is 39.8 Å². The average molecular weight is 1230 g/mol. The van der Waals surface area contributed by atoms with E-state index in [0.29, 0.717) is 36.3 Å². The molecule has 12 nitrogen and oxygen atoms in total. The van der Waals surface area contributed by atoms with Crippen molar-refractivity contribution >= 4 is 143 Å². The summed E-state index contributed by atoms with van der Waals surface area (Å²) in [5, 5.41) is 3.64. The van der Waals surface area contributed by atoms with Gasteiger partial charge in [-0.3, -0.25) is 0 Å². The van der Waals surface area contributed by atoms with Gasteiger partial charge in [0.1, 0.15) is 0 Å². The van der Waals surface area contributed by atoms with E-state index >= 15 is 0 Å². The van der Waals surface area contributed by atoms with Gasteiger partial charge in [0, 0.05) is 42.4 Å². The molecule has 0 N–H and O–H groups in total. The van der Waals surface area contributed by atoms with Gasteiger partial charge in [-0.15, -0.1) is 0 Å². The zero-order chi connectivity index (χ0) is 57.2. The fourth-order valence-electron chi connectivity index (χ4n) is 11.3. The van der Waals surface area contributed by atoms with Crippen LogP contribution in [-0.2, 0) is 49.4 Å². The molecule has 0 amide bonds. The van der Waals surface area contributed by atoms with Crippen molar-refractivity contribution in [2.45, 2.75) is 40.2 Å². The molecule has 20 heteroatoms. The highest BCUT2D eigenvalue weighted by atomic mass is 28.6. The van der Waals surface area contributed by atoms with Gasteiger partial charge in [-0.1, -0.05) is 261 Å². The zero-order valence-electron chi connectivity index (χ0n) is 46.3. The zero-order valence-corrected chi connectivity index (χ0v) is 54.3. The second-order valence-corrected chi connectivity index (χ2v) is 45.6. The summed E-state index contributed by atoms with van der Waals surface area (Å²) < 4.78 is 100. The molecular formula is C62H64O12Si8. The first-order valence-electron chi connectivity index (χ1n) is 27.3. The van der Waals surface area contributed by atoms with E-state index in [-0.39, 0.29) is 17.4 Å². The summed E-state index contributed by atoms with van der Waals surface area (Å²) in [6.45, 7) is 33.8. The van der Waals surface area contributed by atoms with E-state index in [9.17, 15) is 0 Å². The fourth-order valence-corrected chi connectivity index (χ4v) is 58.0. The maximum absolute atomic E-state index is 8.41. The van der Waals surface area contributed by atoms with E-state index in [1.54, 1.807) is 36.5 Å². The molecule has 7 aromatic carbocycles. The summed E-state index contributed by atoms with van der Waals surface area (Å²) in [7, 11) is -39.4. The van der Waals surface area contributed by atoms with E-state index < -0.39 is 70.4 Å². The molecule has 9 atom stereocenters. The molecule has 6 fully saturated rings. The van der Waals surface area contributed by atoms with Crippen LogP contribution in [0.4, 0.5) is 0 Å². The molecule has 0 aromatic heterocycles. The predicted molar refractivity (Wildman–Crippen MR) is 340 cm³/mol. The lowest BCUT2D eigenvalue weighted by atomic mass is 9.86. The monoisotopic (exact) mass is 1220 g/mol. The predicted octanol–water partition coefficient (Wildman–Crippen LogP) is 9.05. The summed E-state index contributed by atoms with van der Waals surface area (Å²) in [6, 6.07) is 56.4. The molecule has 0 spiro atoms. The van der Waals surface area contributed by atoms with Gasteiger partial charge >= 0.3 is 70.4 Å². The minimum Gasteiger partial charge on any atom is -0.370 e. The van der Waals surface area contributed by atoms with Crippen LogP contribution in [-0.4, -0.2) is 70.4 Å². The van der Waals surface area contributed by atoms with Crippen LogP contribution in [0.25, 0.3) is 36.5 Å². The van der Waals surface area contributed by atoms with Crippen molar-refractivity contribution in [3.05, 3.63) is 249 Å². The molecule has 6 aliphatic heterocycles. The molecule has 82 heavy (non-hydrogen) atoms. The highest BCUT2D eigenvalue weighted by Gasteiger charge is 2.86. The second kappa shape index (κ2) is 21.4. The van der Waals surface area contributed by atoms with Crippen molar-refractivity contribution in [1.82, 2.24) is 0 Å². The lowest BCUT2D eigenvalue weighted by Crippen LogP contribution is -2.95. The first-order valence-corrected chi connectivity index (χ1v) is 41.3. The Kier molecular flexibility index (Phi) is 14.8. The summed E-state index contributed by atoms with van der Waals surface area (Å²) >= 11 is 0. The standard InChI is InChI=1S/C62H64O12Si8/c1-11-49-27-35-57(36-28-49)77-64-75(47-48(7)46-62(8,9)10)63-76(55-23-19-17-20-24-55)66-79(68-77,56-25-21-18-22-26-56)72-82(61-44-53(15-5)43-54(16-6)45-61)73-80(67-76,59-39-31-51(13-3)32-40-59)70-78(65-75,58-37-29-50(12-2)30-38-58)71-81(69-77,74-82)60-41-33-52(14-4)34-42-60/h11-45,48H,1-6,46-47H2,7-10H3. The van der Waals surface area contributed by atoms with Crippen LogP contribution in [0.5, 0.6) is 0 Å². The van der Waals surface area contributed by atoms with Gasteiger partial charge in [0.15, 0.2) is 0 Å². The van der Waals surface area contributed by atoms with Crippen LogP contribution in [0.1, 0.15) is 67.5 Å². The van der Waals surface area contributed by atoms with Crippen molar-refractivity contribution in [3.63, 3.8) is 0 Å². The molecule has 0 radical (unpaired) electrons. The number of hydrogen-bond acceptors (Lipinski definition) is 12. The van der Waals surface area contributed by atoms with Crippen LogP contribution in [0.15, 0.2) is 215 Å². The molecular weight excluding hydrogens is 1160 g/mol. The fraction of sp³-hybridized carbons (Fsp3) is 0.129. The Bertz CT molecular complexity index is 3590. The van der Waals surface area contributed by atoms with E-state index in [1.165, 1.54) is 0 Å². The van der Waals surface area contributed by atoms with E-state index in [2.05, 4.69) is 67.2 Å². The van der Waals surface area contributed by atoms with E-state index in [4.69, 9.17) is 49.4 Å². The minimum atomic E-state index is -5.05. The number of benzene rings is 7. The lowest BCUT2D eigenvalue weighted by Gasteiger charge is -2.63. The molecule has 9 unspecified atom stereocenters. The Morgan fingerprint density at radius 2 is 0.561 bits per heavy atom. The van der Waals surface area contributed by atoms with Gasteiger partial charge in [-0.25, -0.2) is 0 Å². The minimum absolute atomic E-state index is 0.129. The molecule has 6 saturated heterocycles. The molecule has 13 rings (SSSR count). The molecule has 6 aliphatic rings. The Labute approximate surface area is 489 Å². The Balaban J connectivity index is 1.32. The lowest BCUT2D eigenvalue weighted by molar-refractivity contribution is -0.00763. The quantitative estimate of drug-likeness (QED) is 0.0862. The van der Waals surface area contributed by atoms with Crippen LogP contribution in [0, 0.1) is 11.3 Å². The van der Waals surface area contributed by atoms with Gasteiger partial charge in [-0.2, -0.15) is 0 Å².